The van der Waals surface area contributed by atoms with Gasteiger partial charge in [-0.3, -0.25) is 4.79 Å². The molecule has 0 spiro atoms. The van der Waals surface area contributed by atoms with Gasteiger partial charge in [-0.25, -0.2) is 0 Å². The van der Waals surface area contributed by atoms with E-state index in [1.807, 2.05) is 25.1 Å². The van der Waals surface area contributed by atoms with Crippen molar-refractivity contribution < 1.29 is 4.79 Å². The molecule has 0 unspecified atom stereocenters. The van der Waals surface area contributed by atoms with Crippen LogP contribution in [0.2, 0.25) is 10.0 Å². The van der Waals surface area contributed by atoms with Crippen molar-refractivity contribution >= 4 is 50.7 Å². The SMILES string of the molecule is Cc1cc(Br)ccc1NC(=O)Cc1ccc(Cl)c(Cl)c1. The minimum atomic E-state index is -0.0891. The normalized spacial score (nSPS) is 10.4. The van der Waals surface area contributed by atoms with E-state index in [0.29, 0.717) is 10.0 Å². The van der Waals surface area contributed by atoms with E-state index in [2.05, 4.69) is 21.2 Å². The van der Waals surface area contributed by atoms with Crippen LogP contribution in [0.25, 0.3) is 0 Å². The van der Waals surface area contributed by atoms with Crippen LogP contribution >= 0.6 is 39.1 Å². The number of carbonyl (C=O) groups excluding carboxylic acids is 1. The summed E-state index contributed by atoms with van der Waals surface area (Å²) in [6.07, 6.45) is 0.256. The molecule has 0 fully saturated rings. The smallest absolute Gasteiger partial charge is 0.228 e. The fourth-order valence-electron chi connectivity index (χ4n) is 1.80. The Kier molecular flexibility index (Phi) is 5.08. The summed E-state index contributed by atoms with van der Waals surface area (Å²) in [6.45, 7) is 1.94. The number of hydrogen-bond acceptors (Lipinski definition) is 1. The molecule has 1 N–H and O–H groups in total. The van der Waals surface area contributed by atoms with Crippen LogP contribution in [-0.2, 0) is 11.2 Å². The Labute approximate surface area is 136 Å². The Balaban J connectivity index is 2.07. The van der Waals surface area contributed by atoms with Gasteiger partial charge in [-0.2, -0.15) is 0 Å². The first kappa shape index (κ1) is 15.4. The van der Waals surface area contributed by atoms with E-state index in [0.717, 1.165) is 21.3 Å². The lowest BCUT2D eigenvalue weighted by atomic mass is 10.1. The van der Waals surface area contributed by atoms with Crippen molar-refractivity contribution in [2.24, 2.45) is 0 Å². The number of benzene rings is 2. The van der Waals surface area contributed by atoms with E-state index in [-0.39, 0.29) is 12.3 Å². The second-order valence-corrected chi connectivity index (χ2v) is 6.16. The van der Waals surface area contributed by atoms with Crippen molar-refractivity contribution in [2.45, 2.75) is 13.3 Å². The summed E-state index contributed by atoms with van der Waals surface area (Å²) in [4.78, 5) is 12.0. The lowest BCUT2D eigenvalue weighted by Gasteiger charge is -2.09. The summed E-state index contributed by atoms with van der Waals surface area (Å²) in [6, 6.07) is 10.9. The number of carbonyl (C=O) groups is 1. The van der Waals surface area contributed by atoms with Crippen LogP contribution in [0.15, 0.2) is 40.9 Å². The van der Waals surface area contributed by atoms with Crippen molar-refractivity contribution in [1.29, 1.82) is 0 Å². The number of aryl methyl sites for hydroxylation is 1. The third-order valence-electron chi connectivity index (χ3n) is 2.81. The van der Waals surface area contributed by atoms with Crippen LogP contribution in [0.1, 0.15) is 11.1 Å². The van der Waals surface area contributed by atoms with E-state index in [9.17, 15) is 4.79 Å². The standard InChI is InChI=1S/C15H12BrCl2NO/c1-9-6-11(16)3-5-14(9)19-15(20)8-10-2-4-12(17)13(18)7-10/h2-7H,8H2,1H3,(H,19,20). The van der Waals surface area contributed by atoms with E-state index in [4.69, 9.17) is 23.2 Å². The summed E-state index contributed by atoms with van der Waals surface area (Å²) in [5, 5.41) is 3.83. The summed E-state index contributed by atoms with van der Waals surface area (Å²) in [7, 11) is 0. The lowest BCUT2D eigenvalue weighted by molar-refractivity contribution is -0.115. The highest BCUT2D eigenvalue weighted by Crippen LogP contribution is 2.23. The highest BCUT2D eigenvalue weighted by Gasteiger charge is 2.08. The molecule has 2 aromatic rings. The number of anilines is 1. The molecule has 0 saturated heterocycles. The molecule has 0 atom stereocenters. The molecular weight excluding hydrogens is 361 g/mol. The average Bonchev–Trinajstić information content (AvgIpc) is 2.37. The van der Waals surface area contributed by atoms with E-state index >= 15 is 0 Å². The molecule has 0 saturated carbocycles. The van der Waals surface area contributed by atoms with Gasteiger partial charge in [0.1, 0.15) is 0 Å². The maximum absolute atomic E-state index is 12.0. The monoisotopic (exact) mass is 371 g/mol. The van der Waals surface area contributed by atoms with Gasteiger partial charge in [0.05, 0.1) is 16.5 Å². The molecule has 0 aliphatic carbocycles. The zero-order valence-corrected chi connectivity index (χ0v) is 13.8. The van der Waals surface area contributed by atoms with Crippen LogP contribution in [0.4, 0.5) is 5.69 Å². The third kappa shape index (κ3) is 3.98. The predicted molar refractivity (Wildman–Crippen MR) is 87.7 cm³/mol. The Bertz CT molecular complexity index is 658. The molecule has 0 aliphatic heterocycles. The van der Waals surface area contributed by atoms with Crippen LogP contribution in [0.3, 0.4) is 0 Å². The van der Waals surface area contributed by atoms with Gasteiger partial charge in [0.2, 0.25) is 5.91 Å². The molecule has 5 heteroatoms. The maximum Gasteiger partial charge on any atom is 0.228 e. The van der Waals surface area contributed by atoms with Crippen molar-refractivity contribution in [2.75, 3.05) is 5.32 Å². The number of rotatable bonds is 3. The molecule has 2 nitrogen and oxygen atoms in total. The molecule has 1 amide bonds. The van der Waals surface area contributed by atoms with Gasteiger partial charge in [-0.15, -0.1) is 0 Å². The molecule has 0 bridgehead atoms. The van der Waals surface area contributed by atoms with E-state index in [1.165, 1.54) is 0 Å². The number of nitrogens with one attached hydrogen (secondary N) is 1. The van der Waals surface area contributed by atoms with Gasteiger partial charge in [0.25, 0.3) is 0 Å². The number of hydrogen-bond donors (Lipinski definition) is 1. The first-order valence-electron chi connectivity index (χ1n) is 5.95. The molecule has 0 heterocycles. The minimum Gasteiger partial charge on any atom is -0.326 e. The third-order valence-corrected chi connectivity index (χ3v) is 4.04. The minimum absolute atomic E-state index is 0.0891. The molecule has 20 heavy (non-hydrogen) atoms. The number of amides is 1. The molecule has 0 radical (unpaired) electrons. The Hall–Kier alpha value is -1.03. The fraction of sp³-hybridized carbons (Fsp3) is 0.133. The maximum atomic E-state index is 12.0. The van der Waals surface area contributed by atoms with Gasteiger partial charge < -0.3 is 5.32 Å². The lowest BCUT2D eigenvalue weighted by Crippen LogP contribution is -2.15. The average molecular weight is 373 g/mol. The topological polar surface area (TPSA) is 29.1 Å². The second kappa shape index (κ2) is 6.61. The van der Waals surface area contributed by atoms with E-state index in [1.54, 1.807) is 18.2 Å². The Morgan fingerprint density at radius 3 is 2.55 bits per heavy atom. The molecule has 2 rings (SSSR count). The number of halogens is 3. The van der Waals surface area contributed by atoms with Crippen LogP contribution < -0.4 is 5.32 Å². The van der Waals surface area contributed by atoms with Crippen molar-refractivity contribution in [3.63, 3.8) is 0 Å². The zero-order chi connectivity index (χ0) is 14.7. The summed E-state index contributed by atoms with van der Waals surface area (Å²) in [5.41, 5.74) is 2.63. The van der Waals surface area contributed by atoms with Gasteiger partial charge >= 0.3 is 0 Å². The molecule has 0 aromatic heterocycles. The zero-order valence-electron chi connectivity index (χ0n) is 10.7. The molecule has 104 valence electrons. The summed E-state index contributed by atoms with van der Waals surface area (Å²) in [5.74, 6) is -0.0891. The second-order valence-electron chi connectivity index (χ2n) is 4.43. The highest BCUT2D eigenvalue weighted by molar-refractivity contribution is 9.10. The fourth-order valence-corrected chi connectivity index (χ4v) is 2.59. The Morgan fingerprint density at radius 2 is 1.90 bits per heavy atom. The molecule has 0 aliphatic rings. The predicted octanol–water partition coefficient (Wildman–Crippen LogP) is 5.25. The quantitative estimate of drug-likeness (QED) is 0.783. The summed E-state index contributed by atoms with van der Waals surface area (Å²) >= 11 is 15.2. The first-order chi connectivity index (χ1) is 9.45. The molecular formula is C15H12BrCl2NO. The van der Waals surface area contributed by atoms with Gasteiger partial charge in [-0.05, 0) is 48.4 Å². The van der Waals surface area contributed by atoms with Crippen molar-refractivity contribution in [3.8, 4) is 0 Å². The van der Waals surface area contributed by atoms with Crippen molar-refractivity contribution in [3.05, 3.63) is 62.0 Å². The van der Waals surface area contributed by atoms with Crippen molar-refractivity contribution in [1.82, 2.24) is 0 Å². The highest BCUT2D eigenvalue weighted by atomic mass is 79.9. The van der Waals surface area contributed by atoms with Crippen LogP contribution in [0, 0.1) is 6.92 Å². The largest absolute Gasteiger partial charge is 0.326 e. The van der Waals surface area contributed by atoms with Gasteiger partial charge in [-0.1, -0.05) is 45.2 Å². The van der Waals surface area contributed by atoms with Crippen LogP contribution in [0.5, 0.6) is 0 Å². The van der Waals surface area contributed by atoms with Crippen LogP contribution in [-0.4, -0.2) is 5.91 Å². The van der Waals surface area contributed by atoms with E-state index < -0.39 is 0 Å². The molecule has 2 aromatic carbocycles. The first-order valence-corrected chi connectivity index (χ1v) is 7.50. The Morgan fingerprint density at radius 1 is 1.15 bits per heavy atom. The van der Waals surface area contributed by atoms with Gasteiger partial charge in [0.15, 0.2) is 0 Å². The summed E-state index contributed by atoms with van der Waals surface area (Å²) < 4.78 is 0.984. The van der Waals surface area contributed by atoms with Gasteiger partial charge in [0, 0.05) is 10.2 Å².